The van der Waals surface area contributed by atoms with Gasteiger partial charge in [0, 0.05) is 69.6 Å². The Kier molecular flexibility index (Phi) is 6.30. The number of aromatic nitrogens is 1. The number of nitrogens with one attached hydrogen (secondary N) is 1. The molecule has 2 aliphatic heterocycles. The topological polar surface area (TPSA) is 51.7 Å². The number of amides is 2. The number of hydrogen-bond donors (Lipinski definition) is 1. The Morgan fingerprint density at radius 3 is 2.41 bits per heavy atom. The number of benzene rings is 1. The van der Waals surface area contributed by atoms with E-state index in [1.54, 1.807) is 6.20 Å². The summed E-state index contributed by atoms with van der Waals surface area (Å²) in [5.41, 5.74) is 3.33. The summed E-state index contributed by atoms with van der Waals surface area (Å²) in [6.07, 6.45) is 6.22. The van der Waals surface area contributed by atoms with Crippen LogP contribution in [0, 0.1) is 5.92 Å². The molecular formula is C23H31N5O. The molecule has 3 heterocycles. The first-order chi connectivity index (χ1) is 14.2. The molecule has 6 nitrogen and oxygen atoms in total. The van der Waals surface area contributed by atoms with E-state index >= 15 is 0 Å². The van der Waals surface area contributed by atoms with E-state index in [0.717, 1.165) is 57.4 Å². The lowest BCUT2D eigenvalue weighted by Gasteiger charge is -2.34. The molecule has 2 fully saturated rings. The highest BCUT2D eigenvalue weighted by Crippen LogP contribution is 2.24. The second-order valence-electron chi connectivity index (χ2n) is 8.27. The van der Waals surface area contributed by atoms with E-state index in [-0.39, 0.29) is 6.03 Å². The van der Waals surface area contributed by atoms with E-state index in [0.29, 0.717) is 0 Å². The molecule has 0 bridgehead atoms. The van der Waals surface area contributed by atoms with Crippen LogP contribution in [0.2, 0.25) is 0 Å². The normalized spacial score (nSPS) is 18.7. The van der Waals surface area contributed by atoms with Gasteiger partial charge in [-0.1, -0.05) is 13.0 Å². The smallest absolute Gasteiger partial charge is 0.321 e. The number of rotatable bonds is 4. The molecular weight excluding hydrogens is 362 g/mol. The average molecular weight is 394 g/mol. The lowest BCUT2D eigenvalue weighted by atomic mass is 9.99. The highest BCUT2D eigenvalue weighted by molar-refractivity contribution is 5.89. The Bertz CT molecular complexity index is 779. The summed E-state index contributed by atoms with van der Waals surface area (Å²) in [5.74, 6) is 0.828. The number of anilines is 2. The number of carbonyl (C=O) groups excluding carboxylic acids is 1. The van der Waals surface area contributed by atoms with Crippen LogP contribution in [0.1, 0.15) is 25.3 Å². The van der Waals surface area contributed by atoms with Crippen molar-refractivity contribution in [1.29, 1.82) is 0 Å². The fraction of sp³-hybridized carbons (Fsp3) is 0.478. The van der Waals surface area contributed by atoms with Gasteiger partial charge in [0.2, 0.25) is 0 Å². The third-order valence-electron chi connectivity index (χ3n) is 6.06. The van der Waals surface area contributed by atoms with E-state index in [4.69, 9.17) is 0 Å². The van der Waals surface area contributed by atoms with E-state index in [1.807, 2.05) is 29.3 Å². The second-order valence-corrected chi connectivity index (χ2v) is 8.27. The van der Waals surface area contributed by atoms with Crippen molar-refractivity contribution >= 4 is 17.4 Å². The lowest BCUT2D eigenvalue weighted by molar-refractivity contribution is 0.143. The van der Waals surface area contributed by atoms with Gasteiger partial charge in [-0.15, -0.1) is 0 Å². The number of pyridine rings is 1. The molecule has 2 amide bonds. The van der Waals surface area contributed by atoms with E-state index < -0.39 is 0 Å². The van der Waals surface area contributed by atoms with Gasteiger partial charge in [0.25, 0.3) is 0 Å². The van der Waals surface area contributed by atoms with Crippen molar-refractivity contribution in [2.24, 2.45) is 5.92 Å². The first kappa shape index (κ1) is 19.7. The molecule has 0 atom stereocenters. The van der Waals surface area contributed by atoms with Gasteiger partial charge in [0.15, 0.2) is 0 Å². The summed E-state index contributed by atoms with van der Waals surface area (Å²) < 4.78 is 0. The minimum absolute atomic E-state index is 0.00873. The molecule has 1 aromatic carbocycles. The molecule has 1 N–H and O–H groups in total. The third-order valence-corrected chi connectivity index (χ3v) is 6.06. The Balaban J connectivity index is 1.24. The van der Waals surface area contributed by atoms with Crippen molar-refractivity contribution in [3.8, 4) is 0 Å². The molecule has 0 unspecified atom stereocenters. The Labute approximate surface area is 173 Å². The molecule has 0 radical (unpaired) electrons. The number of piperazine rings is 1. The SMILES string of the molecule is CC1CCN(c2ccc(NC(=O)N3CCN(Cc4cccnc4)CC3)cc2)CC1. The van der Waals surface area contributed by atoms with Crippen LogP contribution in [0.3, 0.4) is 0 Å². The van der Waals surface area contributed by atoms with Crippen molar-refractivity contribution in [2.75, 3.05) is 49.5 Å². The first-order valence-corrected chi connectivity index (χ1v) is 10.7. The number of carbonyl (C=O) groups is 1. The number of piperidine rings is 1. The standard InChI is InChI=1S/C23H31N5O/c1-19-8-11-27(12-9-19)22-6-4-21(5-7-22)25-23(29)28-15-13-26(14-16-28)18-20-3-2-10-24-17-20/h2-7,10,17,19H,8-9,11-16,18H2,1H3,(H,25,29). The summed E-state index contributed by atoms with van der Waals surface area (Å²) in [6.45, 7) is 8.72. The number of hydrogen-bond acceptors (Lipinski definition) is 4. The Hall–Kier alpha value is -2.60. The van der Waals surface area contributed by atoms with E-state index in [1.165, 1.54) is 24.1 Å². The van der Waals surface area contributed by atoms with E-state index in [9.17, 15) is 4.79 Å². The lowest BCUT2D eigenvalue weighted by Crippen LogP contribution is -2.49. The molecule has 2 aromatic rings. The summed E-state index contributed by atoms with van der Waals surface area (Å²) >= 11 is 0. The van der Waals surface area contributed by atoms with Gasteiger partial charge in [0.1, 0.15) is 0 Å². The fourth-order valence-corrected chi connectivity index (χ4v) is 4.08. The molecule has 154 valence electrons. The van der Waals surface area contributed by atoms with Crippen LogP contribution in [-0.2, 0) is 6.54 Å². The average Bonchev–Trinajstić information content (AvgIpc) is 2.76. The Morgan fingerprint density at radius 2 is 1.76 bits per heavy atom. The minimum Gasteiger partial charge on any atom is -0.372 e. The van der Waals surface area contributed by atoms with Crippen LogP contribution < -0.4 is 10.2 Å². The zero-order valence-electron chi connectivity index (χ0n) is 17.3. The van der Waals surface area contributed by atoms with Crippen LogP contribution in [-0.4, -0.2) is 60.1 Å². The van der Waals surface area contributed by atoms with Crippen LogP contribution in [0.15, 0.2) is 48.8 Å². The zero-order chi connectivity index (χ0) is 20.1. The largest absolute Gasteiger partial charge is 0.372 e. The maximum atomic E-state index is 12.6. The van der Waals surface area contributed by atoms with Crippen LogP contribution >= 0.6 is 0 Å². The van der Waals surface area contributed by atoms with Crippen molar-refractivity contribution < 1.29 is 4.79 Å². The van der Waals surface area contributed by atoms with Gasteiger partial charge in [-0.3, -0.25) is 9.88 Å². The quantitative estimate of drug-likeness (QED) is 0.861. The van der Waals surface area contributed by atoms with Gasteiger partial charge < -0.3 is 15.1 Å². The first-order valence-electron chi connectivity index (χ1n) is 10.7. The van der Waals surface area contributed by atoms with Crippen LogP contribution in [0.4, 0.5) is 16.2 Å². The van der Waals surface area contributed by atoms with Crippen molar-refractivity contribution in [2.45, 2.75) is 26.3 Å². The van der Waals surface area contributed by atoms with Gasteiger partial charge in [-0.2, -0.15) is 0 Å². The minimum atomic E-state index is -0.00873. The fourth-order valence-electron chi connectivity index (χ4n) is 4.08. The highest BCUT2D eigenvalue weighted by atomic mass is 16.2. The molecule has 2 aliphatic rings. The molecule has 4 rings (SSSR count). The van der Waals surface area contributed by atoms with Crippen molar-refractivity contribution in [3.63, 3.8) is 0 Å². The van der Waals surface area contributed by atoms with Gasteiger partial charge in [0.05, 0.1) is 0 Å². The number of urea groups is 1. The summed E-state index contributed by atoms with van der Waals surface area (Å²) in [4.78, 5) is 23.5. The second kappa shape index (κ2) is 9.27. The Morgan fingerprint density at radius 1 is 1.03 bits per heavy atom. The zero-order valence-corrected chi connectivity index (χ0v) is 17.3. The predicted octanol–water partition coefficient (Wildman–Crippen LogP) is 3.67. The maximum absolute atomic E-state index is 12.6. The van der Waals surface area contributed by atoms with Crippen molar-refractivity contribution in [1.82, 2.24) is 14.8 Å². The van der Waals surface area contributed by atoms with E-state index in [2.05, 4.69) is 45.2 Å². The van der Waals surface area contributed by atoms with Gasteiger partial charge in [-0.25, -0.2) is 4.79 Å². The van der Waals surface area contributed by atoms with Crippen LogP contribution in [0.25, 0.3) is 0 Å². The molecule has 2 saturated heterocycles. The number of nitrogens with zero attached hydrogens (tertiary/aromatic N) is 4. The monoisotopic (exact) mass is 393 g/mol. The summed E-state index contributed by atoms with van der Waals surface area (Å²) in [6, 6.07) is 12.3. The highest BCUT2D eigenvalue weighted by Gasteiger charge is 2.21. The molecule has 1 aromatic heterocycles. The summed E-state index contributed by atoms with van der Waals surface area (Å²) in [7, 11) is 0. The predicted molar refractivity (Wildman–Crippen MR) is 117 cm³/mol. The van der Waals surface area contributed by atoms with Crippen molar-refractivity contribution in [3.05, 3.63) is 54.4 Å². The third kappa shape index (κ3) is 5.26. The van der Waals surface area contributed by atoms with Gasteiger partial charge >= 0.3 is 6.03 Å². The molecule has 29 heavy (non-hydrogen) atoms. The maximum Gasteiger partial charge on any atom is 0.321 e. The molecule has 0 spiro atoms. The molecule has 0 saturated carbocycles. The molecule has 6 heteroatoms. The molecule has 0 aliphatic carbocycles. The van der Waals surface area contributed by atoms with Gasteiger partial charge in [-0.05, 0) is 54.7 Å². The summed E-state index contributed by atoms with van der Waals surface area (Å²) in [5, 5.41) is 3.05. The van der Waals surface area contributed by atoms with Crippen LogP contribution in [0.5, 0.6) is 0 Å².